The Kier molecular flexibility index (Phi) is 6.01. The van der Waals surface area contributed by atoms with Crippen LogP contribution in [-0.4, -0.2) is 53.5 Å². The molecule has 146 valence electrons. The van der Waals surface area contributed by atoms with Crippen molar-refractivity contribution in [1.82, 2.24) is 10.1 Å². The highest BCUT2D eigenvalue weighted by Gasteiger charge is 2.36. The molecule has 7 nitrogen and oxygen atoms in total. The number of aliphatic hydroxyl groups is 1. The normalized spacial score (nSPS) is 19.7. The molecule has 1 aliphatic heterocycles. The van der Waals surface area contributed by atoms with Crippen LogP contribution in [0.1, 0.15) is 30.6 Å². The largest absolute Gasteiger partial charge is 0.491 e. The molecule has 1 unspecified atom stereocenters. The van der Waals surface area contributed by atoms with Crippen molar-refractivity contribution in [2.24, 2.45) is 0 Å². The lowest BCUT2D eigenvalue weighted by atomic mass is 9.93. The average molecular weight is 374 g/mol. The van der Waals surface area contributed by atoms with Crippen molar-refractivity contribution in [3.8, 4) is 11.6 Å². The number of amides is 1. The Hall–Kier alpha value is -2.54. The predicted octanol–water partition coefficient (Wildman–Crippen LogP) is 2.36. The number of benzene rings is 1. The van der Waals surface area contributed by atoms with Crippen molar-refractivity contribution in [3.63, 3.8) is 0 Å². The Bertz CT molecular complexity index is 758. The van der Waals surface area contributed by atoms with Crippen LogP contribution < -0.4 is 9.47 Å². The van der Waals surface area contributed by atoms with Gasteiger partial charge in [0.1, 0.15) is 23.7 Å². The van der Waals surface area contributed by atoms with Gasteiger partial charge in [-0.05, 0) is 37.1 Å². The van der Waals surface area contributed by atoms with Gasteiger partial charge in [-0.1, -0.05) is 17.7 Å². The summed E-state index contributed by atoms with van der Waals surface area (Å²) in [6.45, 7) is 3.10. The fourth-order valence-electron chi connectivity index (χ4n) is 3.19. The molecule has 1 aromatic heterocycles. The molecular formula is C20H26N2O5. The van der Waals surface area contributed by atoms with E-state index in [1.165, 1.54) is 7.11 Å². The van der Waals surface area contributed by atoms with E-state index in [1.807, 2.05) is 31.2 Å². The molecule has 1 saturated heterocycles. The third-order valence-electron chi connectivity index (χ3n) is 4.77. The lowest BCUT2D eigenvalue weighted by Gasteiger charge is -2.39. The number of hydrogen-bond acceptors (Lipinski definition) is 6. The van der Waals surface area contributed by atoms with Crippen molar-refractivity contribution < 1.29 is 23.9 Å². The SMILES string of the molecule is COc1cc(CCC(=O)N2CCCC(O)(COc3ccc(C)cc3)C2)on1. The molecule has 2 heterocycles. The van der Waals surface area contributed by atoms with Crippen molar-refractivity contribution in [1.29, 1.82) is 0 Å². The molecule has 2 aromatic rings. The summed E-state index contributed by atoms with van der Waals surface area (Å²) in [7, 11) is 1.51. The first-order chi connectivity index (χ1) is 13.0. The number of aryl methyl sites for hydroxylation is 2. The van der Waals surface area contributed by atoms with Gasteiger partial charge in [-0.2, -0.15) is 0 Å². The van der Waals surface area contributed by atoms with Gasteiger partial charge in [0.05, 0.1) is 13.7 Å². The molecular weight excluding hydrogens is 348 g/mol. The standard InChI is InChI=1S/C20H26N2O5/c1-15-4-6-16(7-5-15)26-14-20(24)10-3-11-22(13-20)19(23)9-8-17-12-18(25-2)21-27-17/h4-7,12,24H,3,8-11,13-14H2,1-2H3. The molecule has 1 amide bonds. The van der Waals surface area contributed by atoms with Crippen LogP contribution in [0.15, 0.2) is 34.9 Å². The maximum Gasteiger partial charge on any atom is 0.254 e. The number of piperidine rings is 1. The van der Waals surface area contributed by atoms with Crippen LogP contribution in [0.2, 0.25) is 0 Å². The molecule has 1 aliphatic rings. The fourth-order valence-corrected chi connectivity index (χ4v) is 3.19. The Labute approximate surface area is 158 Å². The zero-order valence-corrected chi connectivity index (χ0v) is 15.8. The van der Waals surface area contributed by atoms with Gasteiger partial charge in [0.2, 0.25) is 5.91 Å². The van der Waals surface area contributed by atoms with Crippen LogP contribution in [0.4, 0.5) is 0 Å². The molecule has 1 atom stereocenters. The minimum Gasteiger partial charge on any atom is -0.491 e. The molecule has 1 fully saturated rings. The third-order valence-corrected chi connectivity index (χ3v) is 4.77. The van der Waals surface area contributed by atoms with Gasteiger partial charge >= 0.3 is 0 Å². The van der Waals surface area contributed by atoms with Crippen LogP contribution in [0, 0.1) is 6.92 Å². The zero-order valence-electron chi connectivity index (χ0n) is 15.8. The number of β-amino-alcohol motifs (C(OH)–C–C–N with tert-alkyl or cyclic N) is 1. The fraction of sp³-hybridized carbons (Fsp3) is 0.500. The van der Waals surface area contributed by atoms with Gasteiger partial charge in [0.15, 0.2) is 0 Å². The summed E-state index contributed by atoms with van der Waals surface area (Å²) in [5, 5.41) is 14.6. The summed E-state index contributed by atoms with van der Waals surface area (Å²) in [5.41, 5.74) is 0.119. The van der Waals surface area contributed by atoms with E-state index in [0.29, 0.717) is 37.4 Å². The second-order valence-electron chi connectivity index (χ2n) is 7.08. The molecule has 7 heteroatoms. The highest BCUT2D eigenvalue weighted by Crippen LogP contribution is 2.24. The Morgan fingerprint density at radius 1 is 1.37 bits per heavy atom. The van der Waals surface area contributed by atoms with Gasteiger partial charge in [0.25, 0.3) is 5.88 Å². The summed E-state index contributed by atoms with van der Waals surface area (Å²) >= 11 is 0. The second-order valence-corrected chi connectivity index (χ2v) is 7.08. The molecule has 27 heavy (non-hydrogen) atoms. The first-order valence-corrected chi connectivity index (χ1v) is 9.17. The number of likely N-dealkylation sites (tertiary alicyclic amines) is 1. The summed E-state index contributed by atoms with van der Waals surface area (Å²) in [6.07, 6.45) is 2.11. The minimum absolute atomic E-state index is 0.0150. The highest BCUT2D eigenvalue weighted by molar-refractivity contribution is 5.76. The summed E-state index contributed by atoms with van der Waals surface area (Å²) in [4.78, 5) is 14.2. The zero-order chi connectivity index (χ0) is 19.3. The molecule has 1 N–H and O–H groups in total. The molecule has 1 aromatic carbocycles. The van der Waals surface area contributed by atoms with Crippen molar-refractivity contribution in [2.45, 2.75) is 38.2 Å². The van der Waals surface area contributed by atoms with Crippen LogP contribution in [-0.2, 0) is 11.2 Å². The van der Waals surface area contributed by atoms with E-state index in [4.69, 9.17) is 14.0 Å². The van der Waals surface area contributed by atoms with E-state index in [1.54, 1.807) is 11.0 Å². The number of aromatic nitrogens is 1. The summed E-state index contributed by atoms with van der Waals surface area (Å²) < 4.78 is 15.8. The number of ether oxygens (including phenoxy) is 2. The first-order valence-electron chi connectivity index (χ1n) is 9.17. The van der Waals surface area contributed by atoms with E-state index in [9.17, 15) is 9.90 Å². The van der Waals surface area contributed by atoms with Crippen LogP contribution in [0.3, 0.4) is 0 Å². The lowest BCUT2D eigenvalue weighted by molar-refractivity contribution is -0.140. The number of nitrogens with zero attached hydrogens (tertiary/aromatic N) is 2. The second kappa shape index (κ2) is 8.43. The van der Waals surface area contributed by atoms with E-state index in [2.05, 4.69) is 5.16 Å². The number of rotatable bonds is 7. The van der Waals surface area contributed by atoms with Crippen LogP contribution in [0.5, 0.6) is 11.6 Å². The summed E-state index contributed by atoms with van der Waals surface area (Å²) in [5.74, 6) is 1.71. The maximum absolute atomic E-state index is 12.5. The molecule has 3 rings (SSSR count). The molecule has 0 radical (unpaired) electrons. The summed E-state index contributed by atoms with van der Waals surface area (Å²) in [6, 6.07) is 9.38. The smallest absolute Gasteiger partial charge is 0.254 e. The van der Waals surface area contributed by atoms with Gasteiger partial charge in [-0.25, -0.2) is 0 Å². The number of carbonyl (C=O) groups excluding carboxylic acids is 1. The maximum atomic E-state index is 12.5. The molecule has 0 aliphatic carbocycles. The van der Waals surface area contributed by atoms with Gasteiger partial charge < -0.3 is 24.0 Å². The van der Waals surface area contributed by atoms with Crippen molar-refractivity contribution >= 4 is 5.91 Å². The Morgan fingerprint density at radius 3 is 2.85 bits per heavy atom. The first kappa shape index (κ1) is 19.2. The van der Waals surface area contributed by atoms with Crippen molar-refractivity contribution in [2.75, 3.05) is 26.8 Å². The predicted molar refractivity (Wildman–Crippen MR) is 98.8 cm³/mol. The number of hydrogen-bond donors (Lipinski definition) is 1. The lowest BCUT2D eigenvalue weighted by Crippen LogP contribution is -2.53. The molecule has 0 bridgehead atoms. The highest BCUT2D eigenvalue weighted by atomic mass is 16.5. The van der Waals surface area contributed by atoms with E-state index in [0.717, 1.165) is 17.7 Å². The minimum atomic E-state index is -1.03. The molecule has 0 spiro atoms. The molecule has 0 saturated carbocycles. The Morgan fingerprint density at radius 2 is 2.15 bits per heavy atom. The van der Waals surface area contributed by atoms with Gasteiger partial charge in [-0.3, -0.25) is 4.79 Å². The van der Waals surface area contributed by atoms with E-state index in [-0.39, 0.29) is 19.1 Å². The number of carbonyl (C=O) groups is 1. The van der Waals surface area contributed by atoms with Crippen LogP contribution >= 0.6 is 0 Å². The third kappa shape index (κ3) is 5.23. The van der Waals surface area contributed by atoms with E-state index >= 15 is 0 Å². The monoisotopic (exact) mass is 374 g/mol. The van der Waals surface area contributed by atoms with Gasteiger partial charge in [-0.15, -0.1) is 0 Å². The van der Waals surface area contributed by atoms with Crippen molar-refractivity contribution in [3.05, 3.63) is 41.7 Å². The number of methoxy groups -OCH3 is 1. The van der Waals surface area contributed by atoms with Gasteiger partial charge in [0, 0.05) is 25.5 Å². The van der Waals surface area contributed by atoms with E-state index < -0.39 is 5.60 Å². The van der Waals surface area contributed by atoms with Crippen LogP contribution in [0.25, 0.3) is 0 Å². The quantitative estimate of drug-likeness (QED) is 0.801. The topological polar surface area (TPSA) is 85.0 Å². The Balaban J connectivity index is 1.50. The average Bonchev–Trinajstić information content (AvgIpc) is 3.14.